The average molecular weight is 833 g/mol. The maximum Gasteiger partial charge on any atom is 0.127 e. The Morgan fingerprint density at radius 1 is 0.492 bits per heavy atom. The summed E-state index contributed by atoms with van der Waals surface area (Å²) in [5.41, 5.74) is 7.65. The molecule has 7 aromatic carbocycles. The number of phenols is 3. The van der Waals surface area contributed by atoms with Crippen molar-refractivity contribution in [1.29, 1.82) is 0 Å². The van der Waals surface area contributed by atoms with Crippen LogP contribution in [0, 0.1) is 12.3 Å². The first kappa shape index (κ1) is 41.9. The van der Waals surface area contributed by atoms with Crippen LogP contribution in [0.2, 0.25) is 0 Å². The summed E-state index contributed by atoms with van der Waals surface area (Å²) in [6.45, 7) is 0. The molecule has 63 heavy (non-hydrogen) atoms. The summed E-state index contributed by atoms with van der Waals surface area (Å²) in [7, 11) is 4.67. The summed E-state index contributed by atoms with van der Waals surface area (Å²) >= 11 is 0. The molecule has 8 rings (SSSR count). The summed E-state index contributed by atoms with van der Waals surface area (Å²) in [6, 6.07) is 50.0. The Hall–Kier alpha value is -7.82. The summed E-state index contributed by atoms with van der Waals surface area (Å²) in [5.74, 6) is 1.17. The normalized spacial score (nSPS) is 18.3. The largest absolute Gasteiger partial charge is 0.508 e. The molecule has 0 radical (unpaired) electrons. The maximum absolute atomic E-state index is 12.2. The van der Waals surface area contributed by atoms with Crippen molar-refractivity contribution < 1.29 is 34.6 Å². The molecule has 0 aromatic heterocycles. The number of hydrogen-bond donors (Lipinski definition) is 4. The van der Waals surface area contributed by atoms with Crippen LogP contribution in [-0.2, 0) is 0 Å². The Morgan fingerprint density at radius 3 is 1.24 bits per heavy atom. The lowest BCUT2D eigenvalue weighted by Crippen LogP contribution is -2.14. The number of phenolic OH excluding ortho intramolecular Hbond substituents is 3. The van der Waals surface area contributed by atoms with Crippen molar-refractivity contribution in [1.82, 2.24) is 0 Å². The third-order valence-electron chi connectivity index (χ3n) is 12.1. The second-order valence-corrected chi connectivity index (χ2v) is 15.5. The van der Waals surface area contributed by atoms with Crippen LogP contribution in [0.3, 0.4) is 0 Å². The van der Waals surface area contributed by atoms with Crippen molar-refractivity contribution in [3.05, 3.63) is 237 Å². The van der Waals surface area contributed by atoms with Crippen molar-refractivity contribution in [2.75, 3.05) is 21.3 Å². The van der Waals surface area contributed by atoms with Crippen LogP contribution in [0.1, 0.15) is 85.7 Å². The third kappa shape index (κ3) is 8.19. The lowest BCUT2D eigenvalue weighted by molar-refractivity contribution is 0.394. The molecule has 0 aliphatic heterocycles. The van der Waals surface area contributed by atoms with Gasteiger partial charge in [-0.2, -0.15) is 0 Å². The van der Waals surface area contributed by atoms with E-state index in [0.29, 0.717) is 62.6 Å². The predicted molar refractivity (Wildman–Crippen MR) is 248 cm³/mol. The number of fused-ring (bicyclic) bond motifs is 6. The van der Waals surface area contributed by atoms with E-state index in [0.717, 1.165) is 22.3 Å². The van der Waals surface area contributed by atoms with E-state index in [1.54, 1.807) is 39.5 Å². The topological polar surface area (TPSA) is 109 Å². The van der Waals surface area contributed by atoms with E-state index in [9.17, 15) is 20.4 Å². The molecule has 1 aliphatic rings. The SMILES string of the molecule is C#C/C=C(O)\C1=C/CC(c2ccccc2)c2cc(c(OC)cc2O)C(c2ccccc2)c2cc(c(OC)cc2O)C(c2ccccc2)c2cc(c(OC)cc2O)C1c1ccccc1. The number of terminal acetylenes is 1. The number of allylic oxidation sites excluding steroid dienone is 3. The Bertz CT molecular complexity index is 2830. The molecule has 7 nitrogen and oxygen atoms in total. The average Bonchev–Trinajstić information content (AvgIpc) is 3.32. The number of rotatable bonds is 8. The number of aromatic hydroxyl groups is 3. The van der Waals surface area contributed by atoms with Crippen LogP contribution >= 0.6 is 0 Å². The smallest absolute Gasteiger partial charge is 0.127 e. The number of aliphatic hydroxyl groups excluding tert-OH is 1. The third-order valence-corrected chi connectivity index (χ3v) is 12.1. The molecular formula is C56H48O7. The van der Waals surface area contributed by atoms with Gasteiger partial charge in [0.15, 0.2) is 0 Å². The molecule has 6 bridgehead atoms. The zero-order valence-corrected chi connectivity index (χ0v) is 35.3. The highest BCUT2D eigenvalue weighted by molar-refractivity contribution is 5.65. The molecule has 0 saturated heterocycles. The van der Waals surface area contributed by atoms with Gasteiger partial charge in [0.05, 0.1) is 21.3 Å². The lowest BCUT2D eigenvalue weighted by Gasteiger charge is -2.30. The summed E-state index contributed by atoms with van der Waals surface area (Å²) in [4.78, 5) is 0. The van der Waals surface area contributed by atoms with Gasteiger partial charge < -0.3 is 34.6 Å². The molecule has 0 saturated carbocycles. The Labute approximate surface area is 368 Å². The number of aliphatic hydroxyl groups is 1. The van der Waals surface area contributed by atoms with E-state index in [2.05, 4.69) is 5.92 Å². The number of ether oxygens (including phenoxy) is 3. The first-order valence-electron chi connectivity index (χ1n) is 20.7. The second-order valence-electron chi connectivity index (χ2n) is 15.5. The molecule has 1 aliphatic carbocycles. The number of hydrogen-bond acceptors (Lipinski definition) is 7. The van der Waals surface area contributed by atoms with Gasteiger partial charge in [0, 0.05) is 86.9 Å². The molecule has 0 heterocycles. The minimum atomic E-state index is -0.675. The quantitative estimate of drug-likeness (QED) is 0.0892. The molecule has 0 spiro atoms. The van der Waals surface area contributed by atoms with Crippen LogP contribution in [0.15, 0.2) is 181 Å². The highest BCUT2D eigenvalue weighted by Crippen LogP contribution is 2.52. The Balaban J connectivity index is 1.57. The van der Waals surface area contributed by atoms with E-state index in [1.165, 1.54) is 6.08 Å². The van der Waals surface area contributed by atoms with Gasteiger partial charge in [-0.15, -0.1) is 6.42 Å². The van der Waals surface area contributed by atoms with E-state index in [-0.39, 0.29) is 23.0 Å². The number of benzene rings is 7. The second kappa shape index (κ2) is 18.4. The van der Waals surface area contributed by atoms with Crippen molar-refractivity contribution in [3.8, 4) is 46.8 Å². The fourth-order valence-corrected chi connectivity index (χ4v) is 9.18. The minimum Gasteiger partial charge on any atom is -0.508 e. The first-order valence-corrected chi connectivity index (χ1v) is 20.7. The highest BCUT2D eigenvalue weighted by atomic mass is 16.5. The molecular weight excluding hydrogens is 785 g/mol. The van der Waals surface area contributed by atoms with Crippen LogP contribution in [0.5, 0.6) is 34.5 Å². The molecule has 7 aromatic rings. The lowest BCUT2D eigenvalue weighted by atomic mass is 9.75. The molecule has 0 fully saturated rings. The molecule has 0 amide bonds. The molecule has 314 valence electrons. The van der Waals surface area contributed by atoms with E-state index in [1.807, 2.05) is 146 Å². The zero-order valence-electron chi connectivity index (χ0n) is 35.3. The van der Waals surface area contributed by atoms with E-state index >= 15 is 0 Å². The fourth-order valence-electron chi connectivity index (χ4n) is 9.18. The van der Waals surface area contributed by atoms with Crippen molar-refractivity contribution >= 4 is 0 Å². The first-order chi connectivity index (χ1) is 30.8. The van der Waals surface area contributed by atoms with Gasteiger partial charge in [0.25, 0.3) is 0 Å². The van der Waals surface area contributed by atoms with Gasteiger partial charge in [-0.1, -0.05) is 133 Å². The summed E-state index contributed by atoms with van der Waals surface area (Å²) < 4.78 is 18.3. The van der Waals surface area contributed by atoms with Crippen molar-refractivity contribution in [3.63, 3.8) is 0 Å². The van der Waals surface area contributed by atoms with E-state index in [4.69, 9.17) is 20.6 Å². The monoisotopic (exact) mass is 832 g/mol. The summed E-state index contributed by atoms with van der Waals surface area (Å²) in [6.07, 6.45) is 9.49. The highest BCUT2D eigenvalue weighted by Gasteiger charge is 2.34. The standard InChI is InChI=1S/C56H48O7/c1-5-18-47(57)40-28-27-39(35-19-10-6-11-20-35)41-29-44(51(61-2)32-48(41)58)55(37-23-14-8-15-24-37)43-31-46(53(63-4)34-50(43)60)56(38-25-16-9-17-26-38)42-30-45(52(62-3)33-49(42)59)54(40)36-21-12-7-13-22-36/h1,6-26,28-34,39,54-60H,27H2,2-4H3/b40-28+,47-18+. The van der Waals surface area contributed by atoms with Gasteiger partial charge in [0.1, 0.15) is 40.3 Å². The van der Waals surface area contributed by atoms with Gasteiger partial charge in [-0.3, -0.25) is 0 Å². The van der Waals surface area contributed by atoms with E-state index < -0.39 is 23.7 Å². The molecule has 4 N–H and O–H groups in total. The van der Waals surface area contributed by atoms with Crippen LogP contribution in [-0.4, -0.2) is 41.8 Å². The maximum atomic E-state index is 12.2. The van der Waals surface area contributed by atoms with Gasteiger partial charge in [-0.25, -0.2) is 0 Å². The van der Waals surface area contributed by atoms with Crippen LogP contribution in [0.25, 0.3) is 0 Å². The number of methoxy groups -OCH3 is 3. The van der Waals surface area contributed by atoms with Crippen molar-refractivity contribution in [2.24, 2.45) is 0 Å². The van der Waals surface area contributed by atoms with Gasteiger partial charge in [0.2, 0.25) is 0 Å². The zero-order chi connectivity index (χ0) is 44.0. The summed E-state index contributed by atoms with van der Waals surface area (Å²) in [5, 5.41) is 48.6. The molecule has 4 unspecified atom stereocenters. The molecule has 4 atom stereocenters. The Kier molecular flexibility index (Phi) is 12.3. The molecule has 7 heteroatoms. The Morgan fingerprint density at radius 2 is 0.841 bits per heavy atom. The minimum absolute atomic E-state index is 0.0131. The predicted octanol–water partition coefficient (Wildman–Crippen LogP) is 11.9. The van der Waals surface area contributed by atoms with Gasteiger partial charge in [-0.05, 0) is 46.9 Å². The van der Waals surface area contributed by atoms with Crippen LogP contribution < -0.4 is 14.2 Å². The fraction of sp³-hybridized carbons (Fsp3) is 0.143. The van der Waals surface area contributed by atoms with Crippen molar-refractivity contribution in [2.45, 2.75) is 30.1 Å². The van der Waals surface area contributed by atoms with Crippen LogP contribution in [0.4, 0.5) is 0 Å². The van der Waals surface area contributed by atoms with Gasteiger partial charge >= 0.3 is 0 Å².